The number of hydrogen-bond donors (Lipinski definition) is 1. The van der Waals surface area contributed by atoms with Crippen LogP contribution in [0.5, 0.6) is 0 Å². The fourth-order valence-corrected chi connectivity index (χ4v) is 2.36. The van der Waals surface area contributed by atoms with E-state index in [1.165, 1.54) is 18.2 Å². The molecule has 0 saturated carbocycles. The third-order valence-electron chi connectivity index (χ3n) is 3.68. The van der Waals surface area contributed by atoms with E-state index in [4.69, 9.17) is 0 Å². The molecule has 0 saturated heterocycles. The first-order chi connectivity index (χ1) is 12.2. The van der Waals surface area contributed by atoms with E-state index in [0.717, 1.165) is 16.8 Å². The molecule has 1 aromatic heterocycles. The lowest BCUT2D eigenvalue weighted by Crippen LogP contribution is -2.23. The lowest BCUT2D eigenvalue weighted by Gasteiger charge is -2.02. The van der Waals surface area contributed by atoms with Crippen molar-refractivity contribution in [2.24, 2.45) is 0 Å². The second-order valence-electron chi connectivity index (χ2n) is 5.55. The molecular formula is C20H18FN3O. The average molecular weight is 335 g/mol. The van der Waals surface area contributed by atoms with Gasteiger partial charge in [-0.15, -0.1) is 0 Å². The molecule has 3 aromatic rings. The highest BCUT2D eigenvalue weighted by molar-refractivity contribution is 5.91. The lowest BCUT2D eigenvalue weighted by molar-refractivity contribution is -0.116. The van der Waals surface area contributed by atoms with E-state index in [1.54, 1.807) is 29.1 Å². The Morgan fingerprint density at radius 3 is 2.64 bits per heavy atom. The molecule has 126 valence electrons. The fourth-order valence-electron chi connectivity index (χ4n) is 2.36. The Morgan fingerprint density at radius 2 is 1.88 bits per heavy atom. The van der Waals surface area contributed by atoms with Gasteiger partial charge in [0, 0.05) is 24.4 Å². The van der Waals surface area contributed by atoms with E-state index in [9.17, 15) is 9.18 Å². The Morgan fingerprint density at radius 1 is 1.12 bits per heavy atom. The van der Waals surface area contributed by atoms with Crippen LogP contribution in [-0.4, -0.2) is 22.2 Å². The number of carbonyl (C=O) groups is 1. The minimum Gasteiger partial charge on any atom is -0.352 e. The van der Waals surface area contributed by atoms with Gasteiger partial charge in [-0.2, -0.15) is 5.10 Å². The highest BCUT2D eigenvalue weighted by atomic mass is 19.1. The summed E-state index contributed by atoms with van der Waals surface area (Å²) in [6, 6.07) is 16.0. The molecule has 1 amide bonds. The van der Waals surface area contributed by atoms with E-state index < -0.39 is 0 Å². The van der Waals surface area contributed by atoms with Crippen LogP contribution in [-0.2, 0) is 11.2 Å². The molecule has 3 rings (SSSR count). The number of nitrogens with zero attached hydrogens (tertiary/aromatic N) is 2. The molecule has 0 spiro atoms. The summed E-state index contributed by atoms with van der Waals surface area (Å²) in [4.78, 5) is 11.9. The maximum absolute atomic E-state index is 12.8. The van der Waals surface area contributed by atoms with E-state index >= 15 is 0 Å². The molecule has 0 aliphatic heterocycles. The van der Waals surface area contributed by atoms with Gasteiger partial charge in [0.25, 0.3) is 0 Å². The molecule has 1 heterocycles. The van der Waals surface area contributed by atoms with Gasteiger partial charge < -0.3 is 5.32 Å². The molecule has 4 nitrogen and oxygen atoms in total. The van der Waals surface area contributed by atoms with Crippen molar-refractivity contribution in [3.8, 4) is 5.69 Å². The predicted molar refractivity (Wildman–Crippen MR) is 95.7 cm³/mol. The number of halogens is 1. The van der Waals surface area contributed by atoms with Gasteiger partial charge in [0.05, 0.1) is 11.9 Å². The molecule has 0 aliphatic rings. The normalized spacial score (nSPS) is 10.9. The Bertz CT molecular complexity index is 854. The van der Waals surface area contributed by atoms with Gasteiger partial charge >= 0.3 is 0 Å². The third kappa shape index (κ3) is 4.88. The van der Waals surface area contributed by atoms with Crippen molar-refractivity contribution in [3.63, 3.8) is 0 Å². The molecule has 5 heteroatoms. The quantitative estimate of drug-likeness (QED) is 0.702. The van der Waals surface area contributed by atoms with Gasteiger partial charge in [-0.3, -0.25) is 4.79 Å². The summed E-state index contributed by atoms with van der Waals surface area (Å²) in [6.07, 6.45) is 7.43. The standard InChI is InChI=1S/C20H18FN3O/c21-18-9-6-16(7-10-18)12-13-22-20(25)11-8-17-14-23-24(15-17)19-4-2-1-3-5-19/h1-11,14-15H,12-13H2,(H,22,25)/b11-8+. The molecule has 0 radical (unpaired) electrons. The van der Waals surface area contributed by atoms with Gasteiger partial charge in [0.15, 0.2) is 0 Å². The number of para-hydroxylation sites is 1. The van der Waals surface area contributed by atoms with E-state index in [0.29, 0.717) is 13.0 Å². The number of nitrogens with one attached hydrogen (secondary N) is 1. The molecular weight excluding hydrogens is 317 g/mol. The van der Waals surface area contributed by atoms with E-state index in [-0.39, 0.29) is 11.7 Å². The Kier molecular flexibility index (Phi) is 5.36. The summed E-state index contributed by atoms with van der Waals surface area (Å²) in [5.74, 6) is -0.429. The number of carbonyl (C=O) groups excluding carboxylic acids is 1. The minimum absolute atomic E-state index is 0.172. The highest BCUT2D eigenvalue weighted by Crippen LogP contribution is 2.08. The molecule has 2 aromatic carbocycles. The smallest absolute Gasteiger partial charge is 0.244 e. The van der Waals surface area contributed by atoms with Crippen LogP contribution in [0.2, 0.25) is 0 Å². The van der Waals surface area contributed by atoms with Crippen molar-refractivity contribution in [3.05, 3.63) is 90.0 Å². The summed E-state index contributed by atoms with van der Waals surface area (Å²) in [6.45, 7) is 0.498. The van der Waals surface area contributed by atoms with Crippen LogP contribution in [0, 0.1) is 5.82 Å². The first kappa shape index (κ1) is 16.6. The first-order valence-electron chi connectivity index (χ1n) is 8.01. The van der Waals surface area contributed by atoms with Gasteiger partial charge in [-0.05, 0) is 42.3 Å². The summed E-state index contributed by atoms with van der Waals surface area (Å²) in [5, 5.41) is 7.08. The zero-order valence-electron chi connectivity index (χ0n) is 13.6. The molecule has 0 bridgehead atoms. The number of amides is 1. The zero-order valence-corrected chi connectivity index (χ0v) is 13.6. The summed E-state index contributed by atoms with van der Waals surface area (Å²) in [7, 11) is 0. The van der Waals surface area contributed by atoms with Crippen molar-refractivity contribution in [2.75, 3.05) is 6.54 Å². The monoisotopic (exact) mass is 335 g/mol. The molecule has 0 atom stereocenters. The lowest BCUT2D eigenvalue weighted by atomic mass is 10.1. The Hall–Kier alpha value is -3.21. The topological polar surface area (TPSA) is 46.9 Å². The summed E-state index contributed by atoms with van der Waals surface area (Å²) >= 11 is 0. The largest absolute Gasteiger partial charge is 0.352 e. The van der Waals surface area contributed by atoms with Crippen LogP contribution >= 0.6 is 0 Å². The molecule has 0 fully saturated rings. The predicted octanol–water partition coefficient (Wildman–Crippen LogP) is 3.38. The number of rotatable bonds is 6. The molecule has 0 unspecified atom stereocenters. The maximum atomic E-state index is 12.8. The zero-order chi connectivity index (χ0) is 17.5. The second kappa shape index (κ2) is 8.06. The van der Waals surface area contributed by atoms with Crippen molar-refractivity contribution in [1.29, 1.82) is 0 Å². The van der Waals surface area contributed by atoms with E-state index in [2.05, 4.69) is 10.4 Å². The van der Waals surface area contributed by atoms with Crippen molar-refractivity contribution < 1.29 is 9.18 Å². The van der Waals surface area contributed by atoms with Crippen LogP contribution in [0.4, 0.5) is 4.39 Å². The van der Waals surface area contributed by atoms with Crippen LogP contribution in [0.15, 0.2) is 73.1 Å². The van der Waals surface area contributed by atoms with Crippen LogP contribution in [0.25, 0.3) is 11.8 Å². The number of benzene rings is 2. The maximum Gasteiger partial charge on any atom is 0.244 e. The SMILES string of the molecule is O=C(/C=C/c1cnn(-c2ccccc2)c1)NCCc1ccc(F)cc1. The second-order valence-corrected chi connectivity index (χ2v) is 5.55. The first-order valence-corrected chi connectivity index (χ1v) is 8.01. The van der Waals surface area contributed by atoms with Gasteiger partial charge in [-0.1, -0.05) is 30.3 Å². The summed E-state index contributed by atoms with van der Waals surface area (Å²) < 4.78 is 14.6. The number of aromatic nitrogens is 2. The van der Waals surface area contributed by atoms with Gasteiger partial charge in [0.1, 0.15) is 5.82 Å². The Labute approximate surface area is 145 Å². The number of hydrogen-bond acceptors (Lipinski definition) is 2. The summed E-state index contributed by atoms with van der Waals surface area (Å²) in [5.41, 5.74) is 2.79. The van der Waals surface area contributed by atoms with Crippen LogP contribution < -0.4 is 5.32 Å². The molecule has 1 N–H and O–H groups in total. The van der Waals surface area contributed by atoms with Crippen molar-refractivity contribution in [2.45, 2.75) is 6.42 Å². The highest BCUT2D eigenvalue weighted by Gasteiger charge is 2.00. The van der Waals surface area contributed by atoms with Crippen molar-refractivity contribution in [1.82, 2.24) is 15.1 Å². The van der Waals surface area contributed by atoms with Crippen LogP contribution in [0.1, 0.15) is 11.1 Å². The van der Waals surface area contributed by atoms with Crippen molar-refractivity contribution >= 4 is 12.0 Å². The average Bonchev–Trinajstić information content (AvgIpc) is 3.11. The minimum atomic E-state index is -0.258. The third-order valence-corrected chi connectivity index (χ3v) is 3.68. The van der Waals surface area contributed by atoms with Gasteiger partial charge in [0.2, 0.25) is 5.91 Å². The molecule has 0 aliphatic carbocycles. The van der Waals surface area contributed by atoms with Crippen LogP contribution in [0.3, 0.4) is 0 Å². The molecule has 25 heavy (non-hydrogen) atoms. The van der Waals surface area contributed by atoms with E-state index in [1.807, 2.05) is 36.5 Å². The fraction of sp³-hybridized carbons (Fsp3) is 0.100. The Balaban J connectivity index is 1.49. The van der Waals surface area contributed by atoms with Gasteiger partial charge in [-0.25, -0.2) is 9.07 Å².